The minimum absolute atomic E-state index is 0.0303. The average Bonchev–Trinajstić information content (AvgIpc) is 2.12. The van der Waals surface area contributed by atoms with Crippen LogP contribution in [0.1, 0.15) is 40.5 Å². The van der Waals surface area contributed by atoms with E-state index in [4.69, 9.17) is 0 Å². The van der Waals surface area contributed by atoms with Crippen molar-refractivity contribution in [2.45, 2.75) is 40.5 Å². The molecule has 0 aromatic heterocycles. The highest BCUT2D eigenvalue weighted by Gasteiger charge is 2.35. The van der Waals surface area contributed by atoms with Gasteiger partial charge in [-0.2, -0.15) is 4.31 Å². The molecule has 0 saturated heterocycles. The van der Waals surface area contributed by atoms with Crippen LogP contribution in [0, 0.1) is 11.8 Å². The number of phosphoric ester groups is 2. The van der Waals surface area contributed by atoms with Gasteiger partial charge >= 0.3 is 15.6 Å². The predicted molar refractivity (Wildman–Crippen MR) is 71.5 cm³/mol. The Bertz CT molecular complexity index is 311. The Morgan fingerprint density at radius 3 is 1.42 bits per heavy atom. The van der Waals surface area contributed by atoms with E-state index in [2.05, 4.69) is 13.4 Å². The summed E-state index contributed by atoms with van der Waals surface area (Å²) in [6.07, 6.45) is 1.08. The molecular weight excluding hydrogens is 294 g/mol. The van der Waals surface area contributed by atoms with E-state index >= 15 is 0 Å². The zero-order chi connectivity index (χ0) is 15.1. The Hall–Kier alpha value is 0.260. The van der Waals surface area contributed by atoms with Gasteiger partial charge < -0.3 is 9.79 Å². The predicted octanol–water partition coefficient (Wildman–Crippen LogP) is 3.33. The van der Waals surface area contributed by atoms with E-state index in [1.165, 1.54) is 0 Å². The van der Waals surface area contributed by atoms with Gasteiger partial charge in [0.25, 0.3) is 0 Å². The van der Waals surface area contributed by atoms with Crippen molar-refractivity contribution < 1.29 is 32.3 Å². The Morgan fingerprint density at radius 2 is 1.16 bits per heavy atom. The first-order chi connectivity index (χ1) is 8.54. The van der Waals surface area contributed by atoms with Crippen LogP contribution in [-0.4, -0.2) is 23.0 Å². The molecule has 0 amide bonds. The topological polar surface area (TPSA) is 102 Å². The van der Waals surface area contributed by atoms with Gasteiger partial charge in [-0.05, 0) is 24.7 Å². The van der Waals surface area contributed by atoms with Crippen LogP contribution in [0.5, 0.6) is 0 Å². The van der Waals surface area contributed by atoms with E-state index in [9.17, 15) is 18.9 Å². The van der Waals surface area contributed by atoms with Crippen molar-refractivity contribution in [3.63, 3.8) is 0 Å². The third-order valence-corrected chi connectivity index (χ3v) is 4.77. The summed E-state index contributed by atoms with van der Waals surface area (Å²) in [6, 6.07) is 0. The lowest BCUT2D eigenvalue weighted by atomic mass is 10.2. The van der Waals surface area contributed by atoms with Crippen molar-refractivity contribution in [1.82, 2.24) is 0 Å². The van der Waals surface area contributed by atoms with Crippen molar-refractivity contribution in [3.8, 4) is 0 Å². The minimum atomic E-state index is -4.57. The normalized spacial score (nSPS) is 18.5. The van der Waals surface area contributed by atoms with Crippen molar-refractivity contribution in [1.29, 1.82) is 0 Å². The molecule has 0 aromatic rings. The fourth-order valence-electron chi connectivity index (χ4n) is 0.985. The monoisotopic (exact) mass is 318 g/mol. The molecule has 0 heterocycles. The summed E-state index contributed by atoms with van der Waals surface area (Å²) in [5.41, 5.74) is 0. The summed E-state index contributed by atoms with van der Waals surface area (Å²) in [4.78, 5) is 18.5. The smallest absolute Gasteiger partial charge is 0.302 e. The Labute approximate surface area is 114 Å². The molecule has 7 nitrogen and oxygen atoms in total. The lowest BCUT2D eigenvalue weighted by molar-refractivity contribution is 0.148. The highest BCUT2D eigenvalue weighted by molar-refractivity contribution is 7.61. The highest BCUT2D eigenvalue weighted by atomic mass is 31.3. The summed E-state index contributed by atoms with van der Waals surface area (Å²) in [5.74, 6) is 0.562. The van der Waals surface area contributed by atoms with Crippen LogP contribution in [0.3, 0.4) is 0 Å². The third-order valence-electron chi connectivity index (χ3n) is 2.11. The lowest BCUT2D eigenvalue weighted by Crippen LogP contribution is -2.02. The number of phosphoric acid groups is 2. The molecule has 9 heteroatoms. The van der Waals surface area contributed by atoms with Crippen LogP contribution in [0.2, 0.25) is 0 Å². The number of rotatable bonds is 10. The zero-order valence-corrected chi connectivity index (χ0v) is 13.6. The van der Waals surface area contributed by atoms with E-state index in [-0.39, 0.29) is 25.0 Å². The molecule has 2 N–H and O–H groups in total. The molecular formula is C10H24O7P2. The molecule has 19 heavy (non-hydrogen) atoms. The molecule has 0 radical (unpaired) electrons. The summed E-state index contributed by atoms with van der Waals surface area (Å²) in [5, 5.41) is 0. The SMILES string of the molecule is CC(C)CCOP(=O)(O)OP(=O)(O)OCCC(C)C. The van der Waals surface area contributed by atoms with Crippen LogP contribution in [-0.2, 0) is 22.5 Å². The van der Waals surface area contributed by atoms with Gasteiger partial charge in [-0.25, -0.2) is 9.13 Å². The molecule has 0 spiro atoms. The van der Waals surface area contributed by atoms with Gasteiger partial charge in [0.1, 0.15) is 0 Å². The molecule has 0 aliphatic carbocycles. The molecule has 0 aliphatic rings. The summed E-state index contributed by atoms with van der Waals surface area (Å²) >= 11 is 0. The molecule has 0 rings (SSSR count). The van der Waals surface area contributed by atoms with Crippen molar-refractivity contribution in [3.05, 3.63) is 0 Å². The van der Waals surface area contributed by atoms with Crippen LogP contribution < -0.4 is 0 Å². The maximum Gasteiger partial charge on any atom is 0.481 e. The summed E-state index contributed by atoms with van der Waals surface area (Å²) in [7, 11) is -9.14. The van der Waals surface area contributed by atoms with Crippen LogP contribution in [0.15, 0.2) is 0 Å². The van der Waals surface area contributed by atoms with Crippen molar-refractivity contribution in [2.75, 3.05) is 13.2 Å². The molecule has 0 aliphatic heterocycles. The van der Waals surface area contributed by atoms with E-state index in [1.807, 2.05) is 27.7 Å². The molecule has 0 saturated carbocycles. The minimum Gasteiger partial charge on any atom is -0.302 e. The van der Waals surface area contributed by atoms with Crippen molar-refractivity contribution >= 4 is 15.6 Å². The third kappa shape index (κ3) is 11.8. The lowest BCUT2D eigenvalue weighted by Gasteiger charge is -2.16. The second-order valence-electron chi connectivity index (χ2n) is 5.05. The van der Waals surface area contributed by atoms with Gasteiger partial charge in [0.15, 0.2) is 0 Å². The molecule has 2 unspecified atom stereocenters. The quantitative estimate of drug-likeness (QED) is 0.595. The standard InChI is InChI=1S/C10H24O7P2/c1-9(2)5-7-15-18(11,12)17-19(13,14)16-8-6-10(3)4/h9-10H,5-8H2,1-4H3,(H,11,12)(H,13,14). The summed E-state index contributed by atoms with van der Waals surface area (Å²) < 4.78 is 36.1. The van der Waals surface area contributed by atoms with Gasteiger partial charge in [-0.15, -0.1) is 0 Å². The van der Waals surface area contributed by atoms with E-state index < -0.39 is 15.6 Å². The van der Waals surface area contributed by atoms with Gasteiger partial charge in [0, 0.05) is 0 Å². The zero-order valence-electron chi connectivity index (χ0n) is 11.8. The molecule has 0 aromatic carbocycles. The molecule has 2 atom stereocenters. The first-order valence-electron chi connectivity index (χ1n) is 6.20. The molecule has 0 bridgehead atoms. The van der Waals surface area contributed by atoms with Gasteiger partial charge in [0.2, 0.25) is 0 Å². The Balaban J connectivity index is 4.15. The summed E-state index contributed by atoms with van der Waals surface area (Å²) in [6.45, 7) is 7.60. The van der Waals surface area contributed by atoms with Gasteiger partial charge in [-0.3, -0.25) is 9.05 Å². The van der Waals surface area contributed by atoms with E-state index in [0.717, 1.165) is 0 Å². The van der Waals surface area contributed by atoms with Crippen molar-refractivity contribution in [2.24, 2.45) is 11.8 Å². The molecule has 116 valence electrons. The van der Waals surface area contributed by atoms with Crippen LogP contribution in [0.4, 0.5) is 0 Å². The van der Waals surface area contributed by atoms with Crippen LogP contribution in [0.25, 0.3) is 0 Å². The second-order valence-corrected chi connectivity index (χ2v) is 8.09. The highest BCUT2D eigenvalue weighted by Crippen LogP contribution is 2.60. The Morgan fingerprint density at radius 1 is 0.842 bits per heavy atom. The van der Waals surface area contributed by atoms with E-state index in [0.29, 0.717) is 12.8 Å². The first kappa shape index (κ1) is 19.3. The number of hydrogen-bond donors (Lipinski definition) is 2. The van der Waals surface area contributed by atoms with Crippen LogP contribution >= 0.6 is 15.6 Å². The fourth-order valence-corrected chi connectivity index (χ4v) is 3.08. The van der Waals surface area contributed by atoms with Gasteiger partial charge in [-0.1, -0.05) is 27.7 Å². The second kappa shape index (κ2) is 8.53. The maximum absolute atomic E-state index is 11.4. The maximum atomic E-state index is 11.4. The number of hydrogen-bond acceptors (Lipinski definition) is 5. The largest absolute Gasteiger partial charge is 0.481 e. The van der Waals surface area contributed by atoms with E-state index in [1.54, 1.807) is 0 Å². The fraction of sp³-hybridized carbons (Fsp3) is 1.00. The first-order valence-corrected chi connectivity index (χ1v) is 9.19. The molecule has 0 fully saturated rings. The Kier molecular flexibility index (Phi) is 8.64. The van der Waals surface area contributed by atoms with Gasteiger partial charge in [0.05, 0.1) is 13.2 Å². The average molecular weight is 318 g/mol.